The van der Waals surface area contributed by atoms with Crippen molar-refractivity contribution in [3.05, 3.63) is 59.7 Å². The number of anilines is 1. The molecule has 1 atom stereocenters. The van der Waals surface area contributed by atoms with E-state index in [1.807, 2.05) is 12.1 Å². The summed E-state index contributed by atoms with van der Waals surface area (Å²) < 4.78 is 72.8. The number of benzene rings is 1. The maximum atomic E-state index is 14.2. The molecule has 4 heterocycles. The third-order valence-corrected chi connectivity index (χ3v) is 6.93. The zero-order valence-corrected chi connectivity index (χ0v) is 20.9. The smallest absolute Gasteiger partial charge is 0.378 e. The Morgan fingerprint density at radius 3 is 2.51 bits per heavy atom. The molecule has 1 aromatic carbocycles. The number of piperidine rings is 1. The summed E-state index contributed by atoms with van der Waals surface area (Å²) >= 11 is 0. The monoisotopic (exact) mass is 550 g/mol. The molecule has 13 heteroatoms. The summed E-state index contributed by atoms with van der Waals surface area (Å²) in [7, 11) is 0. The van der Waals surface area contributed by atoms with Gasteiger partial charge in [-0.1, -0.05) is 6.07 Å². The van der Waals surface area contributed by atoms with Crippen molar-refractivity contribution in [2.45, 2.75) is 31.0 Å². The molecular formula is C26H27F5N6O2. The third-order valence-electron chi connectivity index (χ3n) is 6.93. The lowest BCUT2D eigenvalue weighted by atomic mass is 10.0. The van der Waals surface area contributed by atoms with Crippen LogP contribution in [0.15, 0.2) is 42.7 Å². The maximum absolute atomic E-state index is 14.2. The summed E-state index contributed by atoms with van der Waals surface area (Å²) in [6, 6.07) is 7.95. The third kappa shape index (κ3) is 6.25. The Morgan fingerprint density at radius 1 is 1.08 bits per heavy atom. The summed E-state index contributed by atoms with van der Waals surface area (Å²) in [5.74, 6) is -3.95. The van der Waals surface area contributed by atoms with Crippen LogP contribution >= 0.6 is 0 Å². The molecule has 2 aliphatic rings. The average Bonchev–Trinajstić information content (AvgIpc) is 2.92. The highest BCUT2D eigenvalue weighted by atomic mass is 19.4. The average molecular weight is 551 g/mol. The molecule has 0 saturated carbocycles. The number of halogens is 5. The molecule has 39 heavy (non-hydrogen) atoms. The lowest BCUT2D eigenvalue weighted by Crippen LogP contribution is -2.47. The van der Waals surface area contributed by atoms with Gasteiger partial charge in [0.1, 0.15) is 5.82 Å². The summed E-state index contributed by atoms with van der Waals surface area (Å²) in [5.41, 5.74) is 1.17. The van der Waals surface area contributed by atoms with Gasteiger partial charge < -0.3 is 15.0 Å². The number of morpholine rings is 1. The summed E-state index contributed by atoms with van der Waals surface area (Å²) in [5, 5.41) is 3.40. The van der Waals surface area contributed by atoms with E-state index in [2.05, 4.69) is 20.2 Å². The molecule has 2 fully saturated rings. The zero-order valence-electron chi connectivity index (χ0n) is 20.9. The van der Waals surface area contributed by atoms with Crippen molar-refractivity contribution in [2.75, 3.05) is 50.8 Å². The van der Waals surface area contributed by atoms with Crippen LogP contribution in [0.3, 0.4) is 0 Å². The molecule has 208 valence electrons. The van der Waals surface area contributed by atoms with Crippen molar-refractivity contribution in [1.82, 2.24) is 25.2 Å². The Bertz CT molecular complexity index is 1310. The largest absolute Gasteiger partial charge is 0.451 e. The number of likely N-dealkylation sites (tertiary alicyclic amines) is 1. The van der Waals surface area contributed by atoms with Crippen LogP contribution in [-0.2, 0) is 10.9 Å². The summed E-state index contributed by atoms with van der Waals surface area (Å²) in [6.07, 6.45) is -2.84. The van der Waals surface area contributed by atoms with Gasteiger partial charge in [0.15, 0.2) is 0 Å². The quantitative estimate of drug-likeness (QED) is 0.463. The van der Waals surface area contributed by atoms with E-state index in [9.17, 15) is 26.7 Å². The first-order valence-corrected chi connectivity index (χ1v) is 12.6. The Hall–Kier alpha value is -3.45. The minimum absolute atomic E-state index is 0.126. The highest BCUT2D eigenvalue weighted by molar-refractivity contribution is 6.06. The molecule has 0 bridgehead atoms. The van der Waals surface area contributed by atoms with Crippen LogP contribution in [0.1, 0.15) is 40.6 Å². The first kappa shape index (κ1) is 27.1. The maximum Gasteiger partial charge on any atom is 0.451 e. The molecule has 0 spiro atoms. The van der Waals surface area contributed by atoms with Crippen molar-refractivity contribution in [3.63, 3.8) is 0 Å². The van der Waals surface area contributed by atoms with E-state index in [0.29, 0.717) is 49.3 Å². The first-order valence-electron chi connectivity index (χ1n) is 12.6. The highest BCUT2D eigenvalue weighted by Gasteiger charge is 2.39. The molecule has 3 aromatic rings. The molecule has 2 aromatic heterocycles. The SMILES string of the molecule is O=C(NCC(c1cnc(C(F)(F)F)nc1)N1CCCC(F)(F)C1)c1cccc2nc(N3CCOCC3)ccc12. The van der Waals surface area contributed by atoms with Gasteiger partial charge in [-0.05, 0) is 37.2 Å². The molecule has 8 nitrogen and oxygen atoms in total. The topological polar surface area (TPSA) is 83.5 Å². The van der Waals surface area contributed by atoms with Crippen LogP contribution < -0.4 is 10.2 Å². The number of alkyl halides is 5. The molecule has 2 aliphatic heterocycles. The number of aromatic nitrogens is 3. The predicted molar refractivity (Wildman–Crippen MR) is 133 cm³/mol. The number of carbonyl (C=O) groups is 1. The molecule has 2 saturated heterocycles. The van der Waals surface area contributed by atoms with Crippen LogP contribution in [0, 0.1) is 0 Å². The second-order valence-electron chi connectivity index (χ2n) is 9.63. The van der Waals surface area contributed by atoms with E-state index in [4.69, 9.17) is 9.72 Å². The number of nitrogens with one attached hydrogen (secondary N) is 1. The summed E-state index contributed by atoms with van der Waals surface area (Å²) in [4.78, 5) is 28.3. The number of rotatable bonds is 6. The van der Waals surface area contributed by atoms with Gasteiger partial charge in [0.05, 0.1) is 31.3 Å². The Kier molecular flexibility index (Phi) is 7.63. The highest BCUT2D eigenvalue weighted by Crippen LogP contribution is 2.33. The number of pyridine rings is 1. The number of hydrogen-bond acceptors (Lipinski definition) is 7. The minimum atomic E-state index is -4.73. The van der Waals surface area contributed by atoms with Crippen LogP contribution in [0.4, 0.5) is 27.8 Å². The van der Waals surface area contributed by atoms with Gasteiger partial charge in [-0.15, -0.1) is 0 Å². The lowest BCUT2D eigenvalue weighted by molar-refractivity contribution is -0.145. The zero-order chi connectivity index (χ0) is 27.6. The van der Waals surface area contributed by atoms with Crippen molar-refractivity contribution in [1.29, 1.82) is 0 Å². The Morgan fingerprint density at radius 2 is 1.82 bits per heavy atom. The van der Waals surface area contributed by atoms with Gasteiger partial charge in [0.2, 0.25) is 5.82 Å². The van der Waals surface area contributed by atoms with E-state index in [-0.39, 0.29) is 24.9 Å². The molecule has 0 aliphatic carbocycles. The minimum Gasteiger partial charge on any atom is -0.378 e. The second-order valence-corrected chi connectivity index (χ2v) is 9.63. The van der Waals surface area contributed by atoms with Gasteiger partial charge in [0, 0.05) is 55.0 Å². The van der Waals surface area contributed by atoms with Crippen LogP contribution in [0.2, 0.25) is 0 Å². The fraction of sp³-hybridized carbons (Fsp3) is 0.462. The van der Waals surface area contributed by atoms with Gasteiger partial charge >= 0.3 is 6.18 Å². The van der Waals surface area contributed by atoms with Crippen LogP contribution in [-0.4, -0.2) is 77.6 Å². The number of amides is 1. The predicted octanol–water partition coefficient (Wildman–Crippen LogP) is 4.08. The molecule has 1 unspecified atom stereocenters. The Balaban J connectivity index is 1.37. The molecule has 5 rings (SSSR count). The van der Waals surface area contributed by atoms with Crippen molar-refractivity contribution < 1.29 is 31.5 Å². The first-order chi connectivity index (χ1) is 18.6. The molecule has 1 amide bonds. The number of nitrogens with zero attached hydrogens (tertiary/aromatic N) is 5. The van der Waals surface area contributed by atoms with Crippen LogP contribution in [0.5, 0.6) is 0 Å². The molecule has 0 radical (unpaired) electrons. The number of ether oxygens (including phenoxy) is 1. The van der Waals surface area contributed by atoms with Crippen LogP contribution in [0.25, 0.3) is 10.9 Å². The van der Waals surface area contributed by atoms with Gasteiger partial charge in [-0.2, -0.15) is 13.2 Å². The lowest BCUT2D eigenvalue weighted by Gasteiger charge is -2.38. The molecule has 1 N–H and O–H groups in total. The summed E-state index contributed by atoms with van der Waals surface area (Å²) in [6.45, 7) is 2.22. The van der Waals surface area contributed by atoms with Gasteiger partial charge in [-0.3, -0.25) is 9.69 Å². The van der Waals surface area contributed by atoms with E-state index < -0.39 is 36.4 Å². The van der Waals surface area contributed by atoms with E-state index in [1.165, 1.54) is 4.90 Å². The van der Waals surface area contributed by atoms with E-state index in [0.717, 1.165) is 18.2 Å². The fourth-order valence-corrected chi connectivity index (χ4v) is 4.97. The van der Waals surface area contributed by atoms with Crippen molar-refractivity contribution in [3.8, 4) is 0 Å². The number of carbonyl (C=O) groups excluding carboxylic acids is 1. The Labute approximate surface area is 221 Å². The van der Waals surface area contributed by atoms with Gasteiger partial charge in [0.25, 0.3) is 11.8 Å². The standard InChI is InChI=1S/C26H27F5N6O2/c27-25(28)7-2-8-37(16-25)21(17-13-33-24(34-14-17)26(29,30)31)15-32-23(38)19-3-1-4-20-18(19)5-6-22(35-20)36-9-11-39-12-10-36/h1,3-6,13-14,21H,2,7-12,15-16H2,(H,32,38). The van der Waals surface area contributed by atoms with Crippen molar-refractivity contribution in [2.24, 2.45) is 0 Å². The van der Waals surface area contributed by atoms with E-state index in [1.54, 1.807) is 18.2 Å². The fourth-order valence-electron chi connectivity index (χ4n) is 4.97. The normalized spacial score (nSPS) is 19.2. The second kappa shape index (κ2) is 11.0. The molecular weight excluding hydrogens is 523 g/mol. The van der Waals surface area contributed by atoms with Gasteiger partial charge in [-0.25, -0.2) is 23.7 Å². The van der Waals surface area contributed by atoms with E-state index >= 15 is 0 Å². The van der Waals surface area contributed by atoms with Crippen molar-refractivity contribution >= 4 is 22.6 Å². The number of fused-ring (bicyclic) bond motifs is 1. The number of hydrogen-bond donors (Lipinski definition) is 1.